The maximum atomic E-state index is 11.1. The molecule has 1 aliphatic heterocycles. The molecular weight excluding hydrogens is 352 g/mol. The minimum Gasteiger partial charge on any atom is -0.481 e. The second-order valence-electron chi connectivity index (χ2n) is 4.72. The van der Waals surface area contributed by atoms with Crippen molar-refractivity contribution in [2.75, 3.05) is 33.2 Å². The molecule has 19 heavy (non-hydrogen) atoms. The lowest BCUT2D eigenvalue weighted by atomic mass is 10.1. The average Bonchev–Trinajstić information content (AvgIpc) is 2.67. The number of aliphatic carboxylic acids is 1. The number of carbonyl (C=O) groups is 1. The van der Waals surface area contributed by atoms with E-state index in [9.17, 15) is 4.79 Å². The van der Waals surface area contributed by atoms with Gasteiger partial charge < -0.3 is 10.0 Å². The molecule has 106 valence electrons. The van der Waals surface area contributed by atoms with E-state index in [1.54, 1.807) is 0 Å². The van der Waals surface area contributed by atoms with E-state index < -0.39 is 5.97 Å². The molecule has 0 radical (unpaired) electrons. The van der Waals surface area contributed by atoms with Gasteiger partial charge in [0.05, 0.1) is 12.5 Å². The molecule has 0 bridgehead atoms. The Bertz CT molecular complexity index is 441. The fourth-order valence-electron chi connectivity index (χ4n) is 2.24. The van der Waals surface area contributed by atoms with Gasteiger partial charge in [-0.05, 0) is 29.0 Å². The standard InChI is InChI=1S/C12H16BrClN2O2S/c1-15-2-4-16(5-3-15)9(7-11(17)18)10-6-8(13)12(14)19-10/h6,9H,2-5,7H2,1H3,(H,17,18). The van der Waals surface area contributed by atoms with E-state index in [4.69, 9.17) is 16.7 Å². The van der Waals surface area contributed by atoms with Crippen LogP contribution in [0.4, 0.5) is 0 Å². The SMILES string of the molecule is CN1CCN(C(CC(=O)O)c2cc(Br)c(Cl)s2)CC1. The van der Waals surface area contributed by atoms with Crippen molar-refractivity contribution in [3.05, 3.63) is 19.8 Å². The number of rotatable bonds is 4. The lowest BCUT2D eigenvalue weighted by Crippen LogP contribution is -2.46. The van der Waals surface area contributed by atoms with Crippen LogP contribution in [-0.4, -0.2) is 54.1 Å². The summed E-state index contributed by atoms with van der Waals surface area (Å²) in [5.74, 6) is -0.774. The van der Waals surface area contributed by atoms with Crippen molar-refractivity contribution in [2.45, 2.75) is 12.5 Å². The van der Waals surface area contributed by atoms with Crippen molar-refractivity contribution in [1.29, 1.82) is 0 Å². The van der Waals surface area contributed by atoms with Crippen LogP contribution in [0.1, 0.15) is 17.3 Å². The molecule has 1 fully saturated rings. The van der Waals surface area contributed by atoms with Crippen LogP contribution in [0.5, 0.6) is 0 Å². The number of nitrogens with zero attached hydrogens (tertiary/aromatic N) is 2. The molecule has 7 heteroatoms. The number of hydrogen-bond donors (Lipinski definition) is 1. The third-order valence-corrected chi connectivity index (χ3v) is 5.92. The third-order valence-electron chi connectivity index (χ3n) is 3.34. The maximum Gasteiger partial charge on any atom is 0.305 e. The highest BCUT2D eigenvalue weighted by atomic mass is 79.9. The predicted molar refractivity (Wildman–Crippen MR) is 81.1 cm³/mol. The Morgan fingerprint density at radius 3 is 2.63 bits per heavy atom. The van der Waals surface area contributed by atoms with Gasteiger partial charge in [-0.15, -0.1) is 11.3 Å². The first-order valence-electron chi connectivity index (χ1n) is 6.06. The zero-order chi connectivity index (χ0) is 14.0. The molecule has 0 saturated carbocycles. The van der Waals surface area contributed by atoms with E-state index in [2.05, 4.69) is 32.8 Å². The Morgan fingerprint density at radius 2 is 2.16 bits per heavy atom. The second-order valence-corrected chi connectivity index (χ2v) is 7.26. The Balaban J connectivity index is 2.18. The van der Waals surface area contributed by atoms with Gasteiger partial charge in [-0.2, -0.15) is 0 Å². The summed E-state index contributed by atoms with van der Waals surface area (Å²) in [6.07, 6.45) is 0.118. The molecule has 0 spiro atoms. The Hall–Kier alpha value is -0.140. The topological polar surface area (TPSA) is 43.8 Å². The number of carboxylic acid groups (broad SMARTS) is 1. The van der Waals surface area contributed by atoms with Gasteiger partial charge in [0.2, 0.25) is 0 Å². The lowest BCUT2D eigenvalue weighted by molar-refractivity contribution is -0.138. The summed E-state index contributed by atoms with van der Waals surface area (Å²) >= 11 is 10.9. The first-order chi connectivity index (χ1) is 8.97. The van der Waals surface area contributed by atoms with Gasteiger partial charge in [-0.1, -0.05) is 11.6 Å². The quantitative estimate of drug-likeness (QED) is 0.888. The number of carboxylic acids is 1. The zero-order valence-corrected chi connectivity index (χ0v) is 13.8. The largest absolute Gasteiger partial charge is 0.481 e. The van der Waals surface area contributed by atoms with Gasteiger partial charge in [0.15, 0.2) is 0 Å². The molecule has 1 aromatic heterocycles. The van der Waals surface area contributed by atoms with E-state index in [1.165, 1.54) is 11.3 Å². The average molecular weight is 368 g/mol. The molecule has 0 amide bonds. The summed E-state index contributed by atoms with van der Waals surface area (Å²) in [6, 6.07) is 1.86. The fraction of sp³-hybridized carbons (Fsp3) is 0.583. The number of piperazine rings is 1. The first kappa shape index (κ1) is 15.3. The van der Waals surface area contributed by atoms with Gasteiger partial charge in [0.1, 0.15) is 4.34 Å². The normalized spacial score (nSPS) is 19.5. The van der Waals surface area contributed by atoms with Crippen molar-refractivity contribution in [3.8, 4) is 0 Å². The van der Waals surface area contributed by atoms with E-state index in [0.29, 0.717) is 4.34 Å². The molecule has 1 aliphatic rings. The first-order valence-corrected chi connectivity index (χ1v) is 8.05. The van der Waals surface area contributed by atoms with Crippen LogP contribution in [0.2, 0.25) is 4.34 Å². The second kappa shape index (κ2) is 6.54. The smallest absolute Gasteiger partial charge is 0.305 e. The van der Waals surface area contributed by atoms with E-state index >= 15 is 0 Å². The zero-order valence-electron chi connectivity index (χ0n) is 10.6. The highest BCUT2D eigenvalue weighted by Crippen LogP contribution is 2.38. The van der Waals surface area contributed by atoms with E-state index in [1.807, 2.05) is 6.07 Å². The highest BCUT2D eigenvalue weighted by Gasteiger charge is 2.27. The van der Waals surface area contributed by atoms with Crippen LogP contribution in [0.15, 0.2) is 10.5 Å². The minimum absolute atomic E-state index is 0.0833. The van der Waals surface area contributed by atoms with Gasteiger partial charge in [0.25, 0.3) is 0 Å². The van der Waals surface area contributed by atoms with Crippen LogP contribution in [-0.2, 0) is 4.79 Å². The van der Waals surface area contributed by atoms with Crippen molar-refractivity contribution in [2.24, 2.45) is 0 Å². The summed E-state index contributed by atoms with van der Waals surface area (Å²) in [7, 11) is 2.09. The third kappa shape index (κ3) is 3.92. The highest BCUT2D eigenvalue weighted by molar-refractivity contribution is 9.10. The Kier molecular flexibility index (Phi) is 5.25. The summed E-state index contributed by atoms with van der Waals surface area (Å²) in [5.41, 5.74) is 0. The number of likely N-dealkylation sites (N-methyl/N-ethyl adjacent to an activating group) is 1. The Labute approximate surface area is 130 Å². The van der Waals surface area contributed by atoms with Gasteiger partial charge >= 0.3 is 5.97 Å². The van der Waals surface area contributed by atoms with Crippen LogP contribution in [0, 0.1) is 0 Å². The summed E-state index contributed by atoms with van der Waals surface area (Å²) in [6.45, 7) is 3.72. The summed E-state index contributed by atoms with van der Waals surface area (Å²) < 4.78 is 1.53. The fourth-order valence-corrected chi connectivity index (χ4v) is 4.11. The van der Waals surface area contributed by atoms with Crippen molar-refractivity contribution >= 4 is 44.8 Å². The van der Waals surface area contributed by atoms with E-state index in [0.717, 1.165) is 35.5 Å². The molecular formula is C12H16BrClN2O2S. The van der Waals surface area contributed by atoms with Crippen LogP contribution in [0.25, 0.3) is 0 Å². The van der Waals surface area contributed by atoms with Crippen molar-refractivity contribution in [3.63, 3.8) is 0 Å². The molecule has 0 aliphatic carbocycles. The molecule has 2 rings (SSSR count). The minimum atomic E-state index is -0.774. The van der Waals surface area contributed by atoms with E-state index in [-0.39, 0.29) is 12.5 Å². The molecule has 1 N–H and O–H groups in total. The number of thiophene rings is 1. The molecule has 1 aromatic rings. The number of halogens is 2. The van der Waals surface area contributed by atoms with Gasteiger partial charge in [0, 0.05) is 35.5 Å². The molecule has 2 heterocycles. The molecule has 1 atom stereocenters. The summed E-state index contributed by atoms with van der Waals surface area (Å²) in [5, 5.41) is 9.13. The number of hydrogen-bond acceptors (Lipinski definition) is 4. The molecule has 0 aromatic carbocycles. The van der Waals surface area contributed by atoms with Crippen LogP contribution >= 0.6 is 38.9 Å². The van der Waals surface area contributed by atoms with Crippen LogP contribution < -0.4 is 0 Å². The van der Waals surface area contributed by atoms with Gasteiger partial charge in [-0.3, -0.25) is 9.69 Å². The molecule has 1 saturated heterocycles. The molecule has 4 nitrogen and oxygen atoms in total. The molecule has 1 unspecified atom stereocenters. The van der Waals surface area contributed by atoms with Crippen LogP contribution in [0.3, 0.4) is 0 Å². The monoisotopic (exact) mass is 366 g/mol. The van der Waals surface area contributed by atoms with Crippen molar-refractivity contribution < 1.29 is 9.90 Å². The van der Waals surface area contributed by atoms with Gasteiger partial charge in [-0.25, -0.2) is 0 Å². The Morgan fingerprint density at radius 1 is 1.53 bits per heavy atom. The van der Waals surface area contributed by atoms with Crippen molar-refractivity contribution in [1.82, 2.24) is 9.80 Å². The maximum absolute atomic E-state index is 11.1. The summed E-state index contributed by atoms with van der Waals surface area (Å²) in [4.78, 5) is 16.6. The predicted octanol–water partition coefficient (Wildman–Crippen LogP) is 2.93. The lowest BCUT2D eigenvalue weighted by Gasteiger charge is -2.37.